The molecule has 2 rings (SSSR count). The highest BCUT2D eigenvalue weighted by atomic mass is 32.2. The SMILES string of the molecule is COc1ccc(Sc2ncnc(N)c2OC)cc1. The summed E-state index contributed by atoms with van der Waals surface area (Å²) in [5.74, 6) is 1.65. The largest absolute Gasteiger partial charge is 0.497 e. The maximum Gasteiger partial charge on any atom is 0.193 e. The van der Waals surface area contributed by atoms with Crippen molar-refractivity contribution in [1.82, 2.24) is 9.97 Å². The lowest BCUT2D eigenvalue weighted by atomic mass is 10.3. The Bertz CT molecular complexity index is 531. The highest BCUT2D eigenvalue weighted by Gasteiger charge is 2.10. The number of benzene rings is 1. The average Bonchev–Trinajstić information content (AvgIpc) is 2.40. The molecule has 94 valence electrons. The lowest BCUT2D eigenvalue weighted by Gasteiger charge is -2.08. The van der Waals surface area contributed by atoms with Gasteiger partial charge < -0.3 is 15.2 Å². The van der Waals surface area contributed by atoms with Gasteiger partial charge in [-0.1, -0.05) is 11.8 Å². The van der Waals surface area contributed by atoms with Crippen LogP contribution in [0.5, 0.6) is 11.5 Å². The number of ether oxygens (including phenoxy) is 2. The molecule has 1 heterocycles. The Morgan fingerprint density at radius 3 is 2.39 bits per heavy atom. The summed E-state index contributed by atoms with van der Waals surface area (Å²) in [5.41, 5.74) is 5.72. The van der Waals surface area contributed by atoms with Crippen molar-refractivity contribution in [2.75, 3.05) is 20.0 Å². The molecule has 6 heteroatoms. The van der Waals surface area contributed by atoms with Gasteiger partial charge in [0.1, 0.15) is 17.1 Å². The van der Waals surface area contributed by atoms with Crippen LogP contribution in [0.15, 0.2) is 40.5 Å². The predicted molar refractivity (Wildman–Crippen MR) is 70.1 cm³/mol. The molecule has 0 aliphatic heterocycles. The third-order valence-corrected chi connectivity index (χ3v) is 3.27. The van der Waals surface area contributed by atoms with Gasteiger partial charge in [-0.05, 0) is 24.3 Å². The van der Waals surface area contributed by atoms with Crippen LogP contribution in [0.1, 0.15) is 0 Å². The van der Waals surface area contributed by atoms with E-state index in [0.717, 1.165) is 10.6 Å². The monoisotopic (exact) mass is 263 g/mol. The molecule has 0 fully saturated rings. The molecule has 0 saturated carbocycles. The summed E-state index contributed by atoms with van der Waals surface area (Å²) in [6, 6.07) is 7.67. The molecule has 2 N–H and O–H groups in total. The van der Waals surface area contributed by atoms with E-state index < -0.39 is 0 Å². The smallest absolute Gasteiger partial charge is 0.193 e. The van der Waals surface area contributed by atoms with Crippen LogP contribution in [-0.4, -0.2) is 24.2 Å². The van der Waals surface area contributed by atoms with Gasteiger partial charge in [0.25, 0.3) is 0 Å². The number of hydrogen-bond donors (Lipinski definition) is 1. The van der Waals surface area contributed by atoms with Crippen molar-refractivity contribution in [3.05, 3.63) is 30.6 Å². The Morgan fingerprint density at radius 2 is 1.78 bits per heavy atom. The van der Waals surface area contributed by atoms with Crippen molar-refractivity contribution >= 4 is 17.6 Å². The summed E-state index contributed by atoms with van der Waals surface area (Å²) in [7, 11) is 3.18. The zero-order chi connectivity index (χ0) is 13.0. The van der Waals surface area contributed by atoms with Gasteiger partial charge in [-0.3, -0.25) is 0 Å². The normalized spacial score (nSPS) is 10.1. The third-order valence-electron chi connectivity index (χ3n) is 2.28. The first-order valence-electron chi connectivity index (χ1n) is 5.21. The van der Waals surface area contributed by atoms with Crippen molar-refractivity contribution < 1.29 is 9.47 Å². The maximum absolute atomic E-state index is 5.72. The van der Waals surface area contributed by atoms with Gasteiger partial charge in [0, 0.05) is 4.90 Å². The second-order valence-electron chi connectivity index (χ2n) is 3.37. The highest BCUT2D eigenvalue weighted by Crippen LogP contribution is 2.35. The number of aromatic nitrogens is 2. The molecule has 0 aliphatic rings. The van der Waals surface area contributed by atoms with E-state index >= 15 is 0 Å². The van der Waals surface area contributed by atoms with E-state index in [0.29, 0.717) is 16.6 Å². The lowest BCUT2D eigenvalue weighted by Crippen LogP contribution is -1.98. The fourth-order valence-corrected chi connectivity index (χ4v) is 2.27. The van der Waals surface area contributed by atoms with Crippen molar-refractivity contribution in [1.29, 1.82) is 0 Å². The summed E-state index contributed by atoms with van der Waals surface area (Å²) in [6.45, 7) is 0. The third kappa shape index (κ3) is 2.65. The number of nitrogens with zero attached hydrogens (tertiary/aromatic N) is 2. The molecule has 0 atom stereocenters. The first kappa shape index (κ1) is 12.5. The van der Waals surface area contributed by atoms with Gasteiger partial charge >= 0.3 is 0 Å². The van der Waals surface area contributed by atoms with Crippen LogP contribution in [0.4, 0.5) is 5.82 Å². The van der Waals surface area contributed by atoms with E-state index in [4.69, 9.17) is 15.2 Å². The Labute approximate surface area is 109 Å². The summed E-state index contributed by atoms with van der Waals surface area (Å²) < 4.78 is 10.3. The molecule has 5 nitrogen and oxygen atoms in total. The Balaban J connectivity index is 2.25. The molecule has 1 aromatic heterocycles. The van der Waals surface area contributed by atoms with Gasteiger partial charge in [0.15, 0.2) is 11.6 Å². The number of hydrogen-bond acceptors (Lipinski definition) is 6. The molecule has 0 bridgehead atoms. The number of nitrogens with two attached hydrogens (primary N) is 1. The summed E-state index contributed by atoms with van der Waals surface area (Å²) in [6.07, 6.45) is 1.42. The highest BCUT2D eigenvalue weighted by molar-refractivity contribution is 7.99. The molecule has 1 aromatic carbocycles. The Kier molecular flexibility index (Phi) is 3.88. The first-order valence-corrected chi connectivity index (χ1v) is 6.02. The predicted octanol–water partition coefficient (Wildman–Crippen LogP) is 2.23. The number of rotatable bonds is 4. The van der Waals surface area contributed by atoms with Gasteiger partial charge in [-0.15, -0.1) is 0 Å². The topological polar surface area (TPSA) is 70.3 Å². The lowest BCUT2D eigenvalue weighted by molar-refractivity contribution is 0.401. The molecule has 2 aromatic rings. The minimum absolute atomic E-state index is 0.337. The van der Waals surface area contributed by atoms with Crippen molar-refractivity contribution in [3.8, 4) is 11.5 Å². The summed E-state index contributed by atoms with van der Waals surface area (Å²) in [4.78, 5) is 9.07. The van der Waals surface area contributed by atoms with Crippen LogP contribution in [0, 0.1) is 0 Å². The zero-order valence-electron chi connectivity index (χ0n) is 10.1. The molecule has 0 amide bonds. The standard InChI is InChI=1S/C12H13N3O2S/c1-16-8-3-5-9(6-4-8)18-12-10(17-2)11(13)14-7-15-12/h3-7H,1-2H3,(H2,13,14,15). The van der Waals surface area contributed by atoms with Crippen LogP contribution in [0.2, 0.25) is 0 Å². The average molecular weight is 263 g/mol. The van der Waals surface area contributed by atoms with Gasteiger partial charge in [-0.2, -0.15) is 0 Å². The van der Waals surface area contributed by atoms with Crippen LogP contribution in [-0.2, 0) is 0 Å². The fourth-order valence-electron chi connectivity index (χ4n) is 1.39. The van der Waals surface area contributed by atoms with Gasteiger partial charge in [0.2, 0.25) is 0 Å². The van der Waals surface area contributed by atoms with Crippen LogP contribution in [0.3, 0.4) is 0 Å². The van der Waals surface area contributed by atoms with E-state index in [1.165, 1.54) is 18.1 Å². The van der Waals surface area contributed by atoms with Gasteiger partial charge in [0.05, 0.1) is 14.2 Å². The molecule has 0 saturated heterocycles. The molecule has 0 radical (unpaired) electrons. The zero-order valence-corrected chi connectivity index (χ0v) is 10.9. The molecule has 0 aliphatic carbocycles. The quantitative estimate of drug-likeness (QED) is 0.853. The van der Waals surface area contributed by atoms with Crippen LogP contribution in [0.25, 0.3) is 0 Å². The molecule has 0 unspecified atom stereocenters. The second kappa shape index (κ2) is 5.59. The van der Waals surface area contributed by atoms with Crippen LogP contribution < -0.4 is 15.2 Å². The Hall–Kier alpha value is -1.95. The molecule has 18 heavy (non-hydrogen) atoms. The minimum atomic E-state index is 0.337. The van der Waals surface area contributed by atoms with E-state index in [-0.39, 0.29) is 0 Å². The van der Waals surface area contributed by atoms with Crippen molar-refractivity contribution in [2.24, 2.45) is 0 Å². The van der Waals surface area contributed by atoms with E-state index in [1.54, 1.807) is 14.2 Å². The summed E-state index contributed by atoms with van der Waals surface area (Å²) >= 11 is 1.46. The van der Waals surface area contributed by atoms with Crippen molar-refractivity contribution in [3.63, 3.8) is 0 Å². The number of anilines is 1. The minimum Gasteiger partial charge on any atom is -0.497 e. The van der Waals surface area contributed by atoms with E-state index in [1.807, 2.05) is 24.3 Å². The van der Waals surface area contributed by atoms with Gasteiger partial charge in [-0.25, -0.2) is 9.97 Å². The molecule has 0 spiro atoms. The Morgan fingerprint density at radius 1 is 1.06 bits per heavy atom. The first-order chi connectivity index (χ1) is 8.74. The maximum atomic E-state index is 5.72. The molecular formula is C12H13N3O2S. The number of nitrogen functional groups attached to an aromatic ring is 1. The number of methoxy groups -OCH3 is 2. The van der Waals surface area contributed by atoms with E-state index in [9.17, 15) is 0 Å². The fraction of sp³-hybridized carbons (Fsp3) is 0.167. The molecular weight excluding hydrogens is 250 g/mol. The van der Waals surface area contributed by atoms with Crippen molar-refractivity contribution in [2.45, 2.75) is 9.92 Å². The van der Waals surface area contributed by atoms with E-state index in [2.05, 4.69) is 9.97 Å². The second-order valence-corrected chi connectivity index (χ2v) is 4.44. The van der Waals surface area contributed by atoms with Crippen LogP contribution >= 0.6 is 11.8 Å². The summed E-state index contributed by atoms with van der Waals surface area (Å²) in [5, 5.41) is 0.690.